The van der Waals surface area contributed by atoms with E-state index >= 15 is 0 Å². The summed E-state index contributed by atoms with van der Waals surface area (Å²) in [6, 6.07) is 11.1. The summed E-state index contributed by atoms with van der Waals surface area (Å²) in [5, 5.41) is 9.53. The number of benzene rings is 2. The molecule has 1 aliphatic heterocycles. The monoisotopic (exact) mass is 407 g/mol. The van der Waals surface area contributed by atoms with Gasteiger partial charge in [-0.2, -0.15) is 0 Å². The van der Waals surface area contributed by atoms with Crippen LogP contribution in [0, 0.1) is 5.82 Å². The molecule has 4 aromatic rings. The lowest BCUT2D eigenvalue weighted by atomic mass is 10.2. The molecule has 0 bridgehead atoms. The van der Waals surface area contributed by atoms with Gasteiger partial charge in [0.05, 0.1) is 11.0 Å². The number of carbonyl (C=O) groups is 1. The van der Waals surface area contributed by atoms with Crippen molar-refractivity contribution in [2.24, 2.45) is 0 Å². The van der Waals surface area contributed by atoms with Crippen molar-refractivity contribution in [2.75, 3.05) is 11.4 Å². The smallest absolute Gasteiger partial charge is 0.454 e. The van der Waals surface area contributed by atoms with Crippen molar-refractivity contribution in [1.29, 1.82) is 0 Å². The lowest BCUT2D eigenvalue weighted by molar-refractivity contribution is 0.144. The largest absolute Gasteiger partial charge is 0.511 e. The number of ether oxygens (including phenoxy) is 1. The van der Waals surface area contributed by atoms with Crippen LogP contribution in [-0.2, 0) is 0 Å². The van der Waals surface area contributed by atoms with Gasteiger partial charge < -0.3 is 19.2 Å². The number of rotatable bonds is 3. The minimum atomic E-state index is -1.39. The molecule has 152 valence electrons. The molecule has 8 heteroatoms. The van der Waals surface area contributed by atoms with Gasteiger partial charge >= 0.3 is 6.16 Å². The predicted molar refractivity (Wildman–Crippen MR) is 109 cm³/mol. The molecule has 1 saturated heterocycles. The van der Waals surface area contributed by atoms with Gasteiger partial charge in [-0.05, 0) is 56.2 Å². The SMILES string of the molecule is C[C@H]1CCCN1c1nc2cc(OC(=O)O)ccc2nc1-c1cc2cc(F)ccc2o1. The molecular weight excluding hydrogens is 389 g/mol. The van der Waals surface area contributed by atoms with Crippen molar-refractivity contribution >= 4 is 34.0 Å². The van der Waals surface area contributed by atoms with E-state index < -0.39 is 6.16 Å². The third-order valence-corrected chi connectivity index (χ3v) is 5.36. The number of carboxylic acid groups (broad SMARTS) is 1. The van der Waals surface area contributed by atoms with E-state index in [0.29, 0.717) is 39.3 Å². The first-order valence-corrected chi connectivity index (χ1v) is 9.66. The zero-order valence-electron chi connectivity index (χ0n) is 16.1. The zero-order valence-corrected chi connectivity index (χ0v) is 16.1. The molecule has 0 amide bonds. The number of halogens is 1. The first-order chi connectivity index (χ1) is 14.5. The summed E-state index contributed by atoms with van der Waals surface area (Å²) in [5.41, 5.74) is 2.23. The van der Waals surface area contributed by atoms with Crippen LogP contribution < -0.4 is 9.64 Å². The molecule has 2 aromatic heterocycles. The maximum Gasteiger partial charge on any atom is 0.511 e. The summed E-state index contributed by atoms with van der Waals surface area (Å²) in [5.74, 6) is 1.000. The number of hydrogen-bond donors (Lipinski definition) is 1. The molecule has 0 saturated carbocycles. The lowest BCUT2D eigenvalue weighted by Gasteiger charge is -2.24. The Hall–Kier alpha value is -3.68. The van der Waals surface area contributed by atoms with E-state index in [1.54, 1.807) is 24.3 Å². The zero-order chi connectivity index (χ0) is 20.8. The highest BCUT2D eigenvalue weighted by Crippen LogP contribution is 2.37. The summed E-state index contributed by atoms with van der Waals surface area (Å²) in [6.45, 7) is 2.95. The van der Waals surface area contributed by atoms with Crippen LogP contribution in [0.15, 0.2) is 46.9 Å². The van der Waals surface area contributed by atoms with Gasteiger partial charge in [-0.3, -0.25) is 0 Å². The van der Waals surface area contributed by atoms with Crippen LogP contribution in [0.1, 0.15) is 19.8 Å². The molecule has 0 aliphatic carbocycles. The van der Waals surface area contributed by atoms with E-state index in [2.05, 4.69) is 11.8 Å². The number of fused-ring (bicyclic) bond motifs is 2. The van der Waals surface area contributed by atoms with Gasteiger partial charge in [0.1, 0.15) is 22.8 Å². The Morgan fingerprint density at radius 2 is 2.07 bits per heavy atom. The average molecular weight is 407 g/mol. The van der Waals surface area contributed by atoms with Gasteiger partial charge in [0.25, 0.3) is 0 Å². The highest BCUT2D eigenvalue weighted by Gasteiger charge is 2.27. The van der Waals surface area contributed by atoms with E-state index in [0.717, 1.165) is 19.4 Å². The highest BCUT2D eigenvalue weighted by atomic mass is 19.1. The molecule has 1 atom stereocenters. The number of anilines is 1. The van der Waals surface area contributed by atoms with Crippen molar-refractivity contribution < 1.29 is 23.4 Å². The minimum absolute atomic E-state index is 0.177. The maximum atomic E-state index is 13.6. The summed E-state index contributed by atoms with van der Waals surface area (Å²) in [4.78, 5) is 22.6. The van der Waals surface area contributed by atoms with Gasteiger partial charge in [0, 0.05) is 24.0 Å². The van der Waals surface area contributed by atoms with Crippen LogP contribution in [0.2, 0.25) is 0 Å². The number of nitrogens with zero attached hydrogens (tertiary/aromatic N) is 3. The molecule has 5 rings (SSSR count). The fourth-order valence-electron chi connectivity index (χ4n) is 3.93. The maximum absolute atomic E-state index is 13.6. The Balaban J connectivity index is 1.70. The number of hydrogen-bond acceptors (Lipinski definition) is 6. The summed E-state index contributed by atoms with van der Waals surface area (Å²) >= 11 is 0. The van der Waals surface area contributed by atoms with E-state index in [9.17, 15) is 9.18 Å². The van der Waals surface area contributed by atoms with Crippen LogP contribution in [0.4, 0.5) is 15.0 Å². The van der Waals surface area contributed by atoms with E-state index in [1.165, 1.54) is 18.2 Å². The van der Waals surface area contributed by atoms with Gasteiger partial charge in [-0.1, -0.05) is 0 Å². The molecule has 7 nitrogen and oxygen atoms in total. The Labute approximate surface area is 170 Å². The average Bonchev–Trinajstić information content (AvgIpc) is 3.32. The van der Waals surface area contributed by atoms with Crippen molar-refractivity contribution in [3.05, 3.63) is 48.3 Å². The van der Waals surface area contributed by atoms with Crippen molar-refractivity contribution in [1.82, 2.24) is 9.97 Å². The molecule has 1 fully saturated rings. The minimum Gasteiger partial charge on any atom is -0.454 e. The quantitative estimate of drug-likeness (QED) is 0.367. The Bertz CT molecular complexity index is 1290. The standard InChI is InChI=1S/C22H18FN3O4/c1-12-3-2-8-26(12)21-20(19-10-13-9-14(23)4-7-18(13)30-19)24-16-6-5-15(29-22(27)28)11-17(16)25-21/h4-7,9-12H,2-3,8H2,1H3,(H,27,28)/t12-/m0/s1. The van der Waals surface area contributed by atoms with E-state index in [-0.39, 0.29) is 17.6 Å². The van der Waals surface area contributed by atoms with Gasteiger partial charge in [0.15, 0.2) is 11.6 Å². The number of aromatic nitrogens is 2. The van der Waals surface area contributed by atoms with Crippen LogP contribution >= 0.6 is 0 Å². The molecule has 1 N–H and O–H groups in total. The van der Waals surface area contributed by atoms with Gasteiger partial charge in [-0.25, -0.2) is 19.2 Å². The van der Waals surface area contributed by atoms with Gasteiger partial charge in [-0.15, -0.1) is 0 Å². The van der Waals surface area contributed by atoms with Gasteiger partial charge in [0.2, 0.25) is 0 Å². The van der Waals surface area contributed by atoms with Crippen LogP contribution in [0.5, 0.6) is 5.75 Å². The fourth-order valence-corrected chi connectivity index (χ4v) is 3.93. The molecule has 0 radical (unpaired) electrons. The molecule has 1 aliphatic rings. The lowest BCUT2D eigenvalue weighted by Crippen LogP contribution is -2.28. The summed E-state index contributed by atoms with van der Waals surface area (Å²) in [6.07, 6.45) is 0.683. The number of furan rings is 1. The molecule has 0 spiro atoms. The van der Waals surface area contributed by atoms with Crippen LogP contribution in [0.3, 0.4) is 0 Å². The second-order valence-corrected chi connectivity index (χ2v) is 7.39. The van der Waals surface area contributed by atoms with Crippen molar-refractivity contribution in [2.45, 2.75) is 25.8 Å². The first kappa shape index (κ1) is 18.4. The van der Waals surface area contributed by atoms with Crippen LogP contribution in [-0.4, -0.2) is 33.8 Å². The third kappa shape index (κ3) is 3.20. The second-order valence-electron chi connectivity index (χ2n) is 7.39. The fraction of sp³-hybridized carbons (Fsp3) is 0.227. The van der Waals surface area contributed by atoms with Crippen molar-refractivity contribution in [3.63, 3.8) is 0 Å². The highest BCUT2D eigenvalue weighted by molar-refractivity contribution is 5.88. The summed E-state index contributed by atoms with van der Waals surface area (Å²) in [7, 11) is 0. The third-order valence-electron chi connectivity index (χ3n) is 5.36. The molecule has 3 heterocycles. The van der Waals surface area contributed by atoms with E-state index in [4.69, 9.17) is 24.2 Å². The Morgan fingerprint density at radius 3 is 2.83 bits per heavy atom. The first-order valence-electron chi connectivity index (χ1n) is 9.66. The predicted octanol–water partition coefficient (Wildman–Crippen LogP) is 5.23. The molecular formula is C22H18FN3O4. The Kier molecular flexibility index (Phi) is 4.27. The second kappa shape index (κ2) is 6.98. The van der Waals surface area contributed by atoms with E-state index in [1.807, 2.05) is 0 Å². The molecule has 30 heavy (non-hydrogen) atoms. The topological polar surface area (TPSA) is 88.7 Å². The summed E-state index contributed by atoms with van der Waals surface area (Å²) < 4.78 is 24.4. The molecule has 0 unspecified atom stereocenters. The normalized spacial score (nSPS) is 16.5. The van der Waals surface area contributed by atoms with Crippen LogP contribution in [0.25, 0.3) is 33.5 Å². The Morgan fingerprint density at radius 1 is 1.20 bits per heavy atom. The van der Waals surface area contributed by atoms with Crippen molar-refractivity contribution in [3.8, 4) is 17.2 Å². The molecule has 2 aromatic carbocycles.